The van der Waals surface area contributed by atoms with Crippen LogP contribution in [0.3, 0.4) is 0 Å². The lowest BCUT2D eigenvalue weighted by atomic mass is 10.1. The van der Waals surface area contributed by atoms with Crippen molar-refractivity contribution in [1.82, 2.24) is 4.98 Å². The SMILES string of the molecule is c1ccc(Nc2ccccc2CNc2ccccn2)cc1. The number of pyridine rings is 1. The summed E-state index contributed by atoms with van der Waals surface area (Å²) in [7, 11) is 0. The Bertz CT molecular complexity index is 681. The molecular formula is C18H17N3. The molecule has 104 valence electrons. The van der Waals surface area contributed by atoms with Gasteiger partial charge in [0.15, 0.2) is 0 Å². The van der Waals surface area contributed by atoms with E-state index in [1.54, 1.807) is 6.20 Å². The number of para-hydroxylation sites is 2. The largest absolute Gasteiger partial charge is 0.366 e. The second-order valence-electron chi connectivity index (χ2n) is 4.72. The van der Waals surface area contributed by atoms with Crippen molar-refractivity contribution in [2.75, 3.05) is 10.6 Å². The molecule has 0 fully saturated rings. The quantitative estimate of drug-likeness (QED) is 0.723. The van der Waals surface area contributed by atoms with Gasteiger partial charge in [-0.1, -0.05) is 42.5 Å². The summed E-state index contributed by atoms with van der Waals surface area (Å²) in [4.78, 5) is 4.28. The van der Waals surface area contributed by atoms with E-state index < -0.39 is 0 Å². The Hall–Kier alpha value is -2.81. The zero-order valence-corrected chi connectivity index (χ0v) is 11.7. The molecule has 0 amide bonds. The smallest absolute Gasteiger partial charge is 0.126 e. The van der Waals surface area contributed by atoms with Gasteiger partial charge in [-0.25, -0.2) is 4.98 Å². The predicted molar refractivity (Wildman–Crippen MR) is 87.7 cm³/mol. The molecule has 0 radical (unpaired) electrons. The van der Waals surface area contributed by atoms with Crippen LogP contribution in [0.5, 0.6) is 0 Å². The Balaban J connectivity index is 1.73. The van der Waals surface area contributed by atoms with Crippen molar-refractivity contribution in [2.24, 2.45) is 0 Å². The van der Waals surface area contributed by atoms with Crippen LogP contribution in [-0.4, -0.2) is 4.98 Å². The standard InChI is InChI=1S/C18H17N3/c1-2-9-16(10-3-1)21-17-11-5-4-8-15(17)14-20-18-12-6-7-13-19-18/h1-13,21H,14H2,(H,19,20). The normalized spacial score (nSPS) is 10.1. The molecule has 0 saturated heterocycles. The van der Waals surface area contributed by atoms with E-state index in [0.29, 0.717) is 0 Å². The van der Waals surface area contributed by atoms with E-state index in [4.69, 9.17) is 0 Å². The third-order valence-corrected chi connectivity index (χ3v) is 3.20. The second-order valence-corrected chi connectivity index (χ2v) is 4.72. The number of rotatable bonds is 5. The molecular weight excluding hydrogens is 258 g/mol. The topological polar surface area (TPSA) is 37.0 Å². The first kappa shape index (κ1) is 13.2. The van der Waals surface area contributed by atoms with Crippen LogP contribution < -0.4 is 10.6 Å². The molecule has 1 aromatic heterocycles. The Morgan fingerprint density at radius 2 is 1.52 bits per heavy atom. The first-order chi connectivity index (χ1) is 10.4. The number of benzene rings is 2. The highest BCUT2D eigenvalue weighted by atomic mass is 15.0. The Morgan fingerprint density at radius 3 is 2.33 bits per heavy atom. The average molecular weight is 275 g/mol. The van der Waals surface area contributed by atoms with Gasteiger partial charge in [0, 0.05) is 24.1 Å². The van der Waals surface area contributed by atoms with E-state index >= 15 is 0 Å². The van der Waals surface area contributed by atoms with Crippen molar-refractivity contribution >= 4 is 17.2 Å². The highest BCUT2D eigenvalue weighted by Crippen LogP contribution is 2.21. The summed E-state index contributed by atoms with van der Waals surface area (Å²) in [5.74, 6) is 0.881. The molecule has 21 heavy (non-hydrogen) atoms. The highest BCUT2D eigenvalue weighted by molar-refractivity contribution is 5.63. The number of nitrogens with zero attached hydrogens (tertiary/aromatic N) is 1. The molecule has 3 nitrogen and oxygen atoms in total. The minimum absolute atomic E-state index is 0.729. The minimum Gasteiger partial charge on any atom is -0.366 e. The maximum atomic E-state index is 4.28. The fourth-order valence-electron chi connectivity index (χ4n) is 2.13. The molecule has 2 aromatic carbocycles. The lowest BCUT2D eigenvalue weighted by Gasteiger charge is -2.13. The van der Waals surface area contributed by atoms with Gasteiger partial charge in [-0.3, -0.25) is 0 Å². The maximum absolute atomic E-state index is 4.28. The van der Waals surface area contributed by atoms with Crippen LogP contribution in [0.4, 0.5) is 17.2 Å². The predicted octanol–water partition coefficient (Wildman–Crippen LogP) is 4.44. The summed E-state index contributed by atoms with van der Waals surface area (Å²) in [6, 6.07) is 24.3. The van der Waals surface area contributed by atoms with Crippen LogP contribution in [0.15, 0.2) is 79.0 Å². The monoisotopic (exact) mass is 275 g/mol. The van der Waals surface area contributed by atoms with Crippen molar-refractivity contribution in [3.8, 4) is 0 Å². The number of aromatic nitrogens is 1. The summed E-state index contributed by atoms with van der Waals surface area (Å²) in [5, 5.41) is 6.78. The first-order valence-corrected chi connectivity index (χ1v) is 6.97. The van der Waals surface area contributed by atoms with E-state index in [0.717, 1.165) is 23.7 Å². The van der Waals surface area contributed by atoms with Crippen LogP contribution in [-0.2, 0) is 6.54 Å². The first-order valence-electron chi connectivity index (χ1n) is 6.97. The Labute approximate surface area is 124 Å². The van der Waals surface area contributed by atoms with Crippen LogP contribution >= 0.6 is 0 Å². The number of nitrogens with one attached hydrogen (secondary N) is 2. The Morgan fingerprint density at radius 1 is 0.762 bits per heavy atom. The lowest BCUT2D eigenvalue weighted by molar-refractivity contribution is 1.11. The summed E-state index contributed by atoms with van der Waals surface area (Å²) in [6.07, 6.45) is 1.79. The van der Waals surface area contributed by atoms with Crippen LogP contribution in [0.1, 0.15) is 5.56 Å². The molecule has 0 unspecified atom stereocenters. The van der Waals surface area contributed by atoms with Gasteiger partial charge >= 0.3 is 0 Å². The van der Waals surface area contributed by atoms with E-state index in [1.165, 1.54) is 5.56 Å². The summed E-state index contributed by atoms with van der Waals surface area (Å²) >= 11 is 0. The molecule has 1 heterocycles. The molecule has 0 bridgehead atoms. The molecule has 0 atom stereocenters. The molecule has 3 heteroatoms. The molecule has 2 N–H and O–H groups in total. The van der Waals surface area contributed by atoms with Gasteiger partial charge in [0.25, 0.3) is 0 Å². The fourth-order valence-corrected chi connectivity index (χ4v) is 2.13. The summed E-state index contributed by atoms with van der Waals surface area (Å²) in [6.45, 7) is 0.729. The summed E-state index contributed by atoms with van der Waals surface area (Å²) < 4.78 is 0. The molecule has 3 aromatic rings. The lowest BCUT2D eigenvalue weighted by Crippen LogP contribution is -2.04. The number of hydrogen-bond acceptors (Lipinski definition) is 3. The zero-order chi connectivity index (χ0) is 14.3. The van der Waals surface area contributed by atoms with Gasteiger partial charge < -0.3 is 10.6 Å². The van der Waals surface area contributed by atoms with E-state index in [2.05, 4.69) is 39.9 Å². The van der Waals surface area contributed by atoms with Crippen molar-refractivity contribution in [1.29, 1.82) is 0 Å². The number of hydrogen-bond donors (Lipinski definition) is 2. The van der Waals surface area contributed by atoms with Gasteiger partial charge in [-0.05, 0) is 35.9 Å². The second kappa shape index (κ2) is 6.57. The van der Waals surface area contributed by atoms with Gasteiger partial charge in [-0.15, -0.1) is 0 Å². The van der Waals surface area contributed by atoms with Gasteiger partial charge in [0.05, 0.1) is 0 Å². The number of anilines is 3. The highest BCUT2D eigenvalue weighted by Gasteiger charge is 2.02. The maximum Gasteiger partial charge on any atom is 0.126 e. The summed E-state index contributed by atoms with van der Waals surface area (Å²) in [5.41, 5.74) is 3.39. The molecule has 3 rings (SSSR count). The van der Waals surface area contributed by atoms with Crippen LogP contribution in [0, 0.1) is 0 Å². The molecule has 0 aliphatic heterocycles. The average Bonchev–Trinajstić information content (AvgIpc) is 2.56. The van der Waals surface area contributed by atoms with E-state index in [1.807, 2.05) is 48.5 Å². The van der Waals surface area contributed by atoms with Crippen molar-refractivity contribution in [3.63, 3.8) is 0 Å². The third-order valence-electron chi connectivity index (χ3n) is 3.20. The van der Waals surface area contributed by atoms with Crippen molar-refractivity contribution < 1.29 is 0 Å². The fraction of sp³-hybridized carbons (Fsp3) is 0.0556. The Kier molecular flexibility index (Phi) is 4.12. The van der Waals surface area contributed by atoms with Crippen molar-refractivity contribution in [2.45, 2.75) is 6.54 Å². The van der Waals surface area contributed by atoms with E-state index in [-0.39, 0.29) is 0 Å². The van der Waals surface area contributed by atoms with Gasteiger partial charge in [0.2, 0.25) is 0 Å². The van der Waals surface area contributed by atoms with Gasteiger partial charge in [-0.2, -0.15) is 0 Å². The zero-order valence-electron chi connectivity index (χ0n) is 11.7. The molecule has 0 saturated carbocycles. The van der Waals surface area contributed by atoms with Crippen LogP contribution in [0.2, 0.25) is 0 Å². The van der Waals surface area contributed by atoms with Crippen LogP contribution in [0.25, 0.3) is 0 Å². The minimum atomic E-state index is 0.729. The third kappa shape index (κ3) is 3.60. The van der Waals surface area contributed by atoms with Gasteiger partial charge in [0.1, 0.15) is 5.82 Å². The van der Waals surface area contributed by atoms with E-state index in [9.17, 15) is 0 Å². The van der Waals surface area contributed by atoms with Crippen molar-refractivity contribution in [3.05, 3.63) is 84.6 Å². The molecule has 0 spiro atoms. The molecule has 0 aliphatic carbocycles. The molecule has 0 aliphatic rings.